The van der Waals surface area contributed by atoms with Gasteiger partial charge in [-0.25, -0.2) is 9.78 Å². The highest BCUT2D eigenvalue weighted by Crippen LogP contribution is 2.31. The summed E-state index contributed by atoms with van der Waals surface area (Å²) >= 11 is 6.09. The minimum Gasteiger partial charge on any atom is -0.368 e. The second kappa shape index (κ2) is 8.54. The highest BCUT2D eigenvalue weighted by molar-refractivity contribution is 6.29. The monoisotopic (exact) mass is 440 g/mol. The molecule has 2 aromatic heterocycles. The molecule has 3 aliphatic heterocycles. The molecule has 0 saturated carbocycles. The van der Waals surface area contributed by atoms with E-state index in [9.17, 15) is 4.79 Å². The fraction of sp³-hybridized carbons (Fsp3) is 0.522. The first kappa shape index (κ1) is 20.4. The van der Waals surface area contributed by atoms with E-state index < -0.39 is 0 Å². The lowest BCUT2D eigenvalue weighted by atomic mass is 9.97. The van der Waals surface area contributed by atoms with Crippen LogP contribution in [0.3, 0.4) is 0 Å². The van der Waals surface area contributed by atoms with Gasteiger partial charge in [-0.2, -0.15) is 5.10 Å². The third-order valence-electron chi connectivity index (χ3n) is 6.71. The zero-order valence-electron chi connectivity index (χ0n) is 18.0. The zero-order valence-corrected chi connectivity index (χ0v) is 18.8. The molecular formula is C23H29ClN6O. The predicted molar refractivity (Wildman–Crippen MR) is 123 cm³/mol. The number of hydrogen-bond donors (Lipinski definition) is 0. The molecule has 5 heterocycles. The average molecular weight is 441 g/mol. The van der Waals surface area contributed by atoms with E-state index >= 15 is 0 Å². The first-order valence-electron chi connectivity index (χ1n) is 11.2. The molecule has 0 unspecified atom stereocenters. The summed E-state index contributed by atoms with van der Waals surface area (Å²) in [5.41, 5.74) is 4.32. The third-order valence-corrected chi connectivity index (χ3v) is 6.92. The number of likely N-dealkylation sites (N-methyl/N-ethyl adjacent to an activating group) is 1. The van der Waals surface area contributed by atoms with Gasteiger partial charge in [-0.1, -0.05) is 11.6 Å². The van der Waals surface area contributed by atoms with Gasteiger partial charge in [0.2, 0.25) is 0 Å². The number of carbonyl (C=O) groups excluding carboxylic acids is 1. The lowest BCUT2D eigenvalue weighted by Crippen LogP contribution is -2.46. The van der Waals surface area contributed by atoms with Gasteiger partial charge in [0.25, 0.3) is 0 Å². The van der Waals surface area contributed by atoms with Crippen LogP contribution in [0, 0.1) is 5.92 Å². The zero-order chi connectivity index (χ0) is 21.4. The molecule has 0 atom stereocenters. The molecule has 2 fully saturated rings. The number of piperidine rings is 1. The molecule has 164 valence electrons. The summed E-state index contributed by atoms with van der Waals surface area (Å²) in [6.45, 7) is 5.27. The van der Waals surface area contributed by atoms with Crippen molar-refractivity contribution < 1.29 is 4.79 Å². The molecule has 31 heavy (non-hydrogen) atoms. The fourth-order valence-corrected chi connectivity index (χ4v) is 5.06. The lowest BCUT2D eigenvalue weighted by molar-refractivity contribution is 0.136. The quantitative estimate of drug-likeness (QED) is 0.680. The number of urea groups is 1. The van der Waals surface area contributed by atoms with Crippen molar-refractivity contribution in [3.05, 3.63) is 40.9 Å². The van der Waals surface area contributed by atoms with Crippen molar-refractivity contribution in [3.63, 3.8) is 0 Å². The largest absolute Gasteiger partial charge is 0.368 e. The van der Waals surface area contributed by atoms with Crippen molar-refractivity contribution in [3.8, 4) is 0 Å². The molecular weight excluding hydrogens is 412 g/mol. The number of halogens is 1. The van der Waals surface area contributed by atoms with E-state index in [1.54, 1.807) is 0 Å². The Labute approximate surface area is 188 Å². The molecule has 2 aromatic rings. The highest BCUT2D eigenvalue weighted by Gasteiger charge is 2.28. The van der Waals surface area contributed by atoms with Crippen LogP contribution in [0.4, 0.5) is 10.5 Å². The minimum atomic E-state index is 0.236. The third kappa shape index (κ3) is 4.28. The van der Waals surface area contributed by atoms with Crippen molar-refractivity contribution in [2.45, 2.75) is 32.2 Å². The second-order valence-electron chi connectivity index (χ2n) is 8.92. The van der Waals surface area contributed by atoms with E-state index in [1.807, 2.05) is 28.1 Å². The number of pyridine rings is 1. The van der Waals surface area contributed by atoms with Crippen LogP contribution >= 0.6 is 11.6 Å². The molecule has 0 aliphatic carbocycles. The average Bonchev–Trinajstić information content (AvgIpc) is 3.46. The van der Waals surface area contributed by atoms with Crippen molar-refractivity contribution in [2.24, 2.45) is 5.92 Å². The molecule has 8 heteroatoms. The standard InChI is InChI=1S/C23H29ClN6O/c1-27-15-18(12-20-21(27)4-5-22(24)26-20)19-13-25-30(16-19)14-17-6-10-29(11-7-17)23(31)28-8-2-3-9-28/h4-5,12-13,16-17H,2-3,6-11,14-15H2,1H3. The molecule has 7 nitrogen and oxygen atoms in total. The first-order chi connectivity index (χ1) is 15.1. The predicted octanol–water partition coefficient (Wildman–Crippen LogP) is 3.85. The van der Waals surface area contributed by atoms with Crippen LogP contribution in [0.1, 0.15) is 36.9 Å². The van der Waals surface area contributed by atoms with E-state index in [-0.39, 0.29) is 6.03 Å². The van der Waals surface area contributed by atoms with Gasteiger partial charge >= 0.3 is 6.03 Å². The smallest absolute Gasteiger partial charge is 0.319 e. The fourth-order valence-electron chi connectivity index (χ4n) is 4.91. The summed E-state index contributed by atoms with van der Waals surface area (Å²) in [5.74, 6) is 0.555. The lowest BCUT2D eigenvalue weighted by Gasteiger charge is -2.34. The Balaban J connectivity index is 1.21. The number of aromatic nitrogens is 3. The Morgan fingerprint density at radius 1 is 1.13 bits per heavy atom. The number of carbonyl (C=O) groups is 1. The number of anilines is 1. The van der Waals surface area contributed by atoms with E-state index in [0.29, 0.717) is 11.1 Å². The molecule has 0 aromatic carbocycles. The summed E-state index contributed by atoms with van der Waals surface area (Å²) < 4.78 is 2.06. The van der Waals surface area contributed by atoms with Crippen LogP contribution in [0.15, 0.2) is 24.5 Å². The Hall–Kier alpha value is -2.54. The van der Waals surface area contributed by atoms with E-state index in [0.717, 1.165) is 81.9 Å². The van der Waals surface area contributed by atoms with E-state index in [4.69, 9.17) is 11.6 Å². The molecule has 3 aliphatic rings. The normalized spacial score (nSPS) is 19.5. The number of likely N-dealkylation sites (tertiary alicyclic amines) is 2. The maximum Gasteiger partial charge on any atom is 0.319 e. The first-order valence-corrected chi connectivity index (χ1v) is 11.6. The SMILES string of the molecule is CN1CC(c2cnn(CC3CCN(C(=O)N4CCCC4)CC3)c2)=Cc2nc(Cl)ccc21. The van der Waals surface area contributed by atoms with Crippen LogP contribution in [0.5, 0.6) is 0 Å². The van der Waals surface area contributed by atoms with Crippen molar-refractivity contribution in [1.29, 1.82) is 0 Å². The maximum absolute atomic E-state index is 12.6. The van der Waals surface area contributed by atoms with Crippen LogP contribution < -0.4 is 4.90 Å². The van der Waals surface area contributed by atoms with Gasteiger partial charge in [0.1, 0.15) is 5.15 Å². The molecule has 0 bridgehead atoms. The number of nitrogens with zero attached hydrogens (tertiary/aromatic N) is 6. The van der Waals surface area contributed by atoms with Crippen molar-refractivity contribution >= 4 is 35.0 Å². The van der Waals surface area contributed by atoms with Gasteiger partial charge in [0, 0.05) is 58.1 Å². The molecule has 2 amide bonds. The minimum absolute atomic E-state index is 0.236. The second-order valence-corrected chi connectivity index (χ2v) is 9.31. The van der Waals surface area contributed by atoms with Gasteiger partial charge in [-0.15, -0.1) is 0 Å². The summed E-state index contributed by atoms with van der Waals surface area (Å²) in [5, 5.41) is 5.13. The van der Waals surface area contributed by atoms with E-state index in [2.05, 4.69) is 39.0 Å². The Bertz CT molecular complexity index is 988. The Kier molecular flexibility index (Phi) is 5.61. The van der Waals surface area contributed by atoms with Crippen molar-refractivity contribution in [1.82, 2.24) is 24.6 Å². The Morgan fingerprint density at radius 2 is 1.87 bits per heavy atom. The van der Waals surface area contributed by atoms with Crippen LogP contribution in [0.2, 0.25) is 5.15 Å². The molecule has 0 N–H and O–H groups in total. The van der Waals surface area contributed by atoms with Crippen LogP contribution in [-0.4, -0.2) is 70.4 Å². The van der Waals surface area contributed by atoms with Crippen LogP contribution in [0.25, 0.3) is 11.6 Å². The number of rotatable bonds is 3. The van der Waals surface area contributed by atoms with Crippen LogP contribution in [-0.2, 0) is 6.54 Å². The van der Waals surface area contributed by atoms with E-state index in [1.165, 1.54) is 5.57 Å². The van der Waals surface area contributed by atoms with Gasteiger partial charge in [0.05, 0.1) is 17.6 Å². The van der Waals surface area contributed by atoms with Crippen molar-refractivity contribution in [2.75, 3.05) is 44.7 Å². The summed E-state index contributed by atoms with van der Waals surface area (Å²) in [7, 11) is 2.07. The molecule has 0 spiro atoms. The van der Waals surface area contributed by atoms with Gasteiger partial charge in [0.15, 0.2) is 0 Å². The highest BCUT2D eigenvalue weighted by atomic mass is 35.5. The topological polar surface area (TPSA) is 57.5 Å². The summed E-state index contributed by atoms with van der Waals surface area (Å²) in [6, 6.07) is 4.08. The summed E-state index contributed by atoms with van der Waals surface area (Å²) in [6.07, 6.45) is 10.6. The van der Waals surface area contributed by atoms with Gasteiger partial charge in [-0.05, 0) is 55.4 Å². The molecule has 2 saturated heterocycles. The van der Waals surface area contributed by atoms with Gasteiger partial charge in [-0.3, -0.25) is 4.68 Å². The number of amides is 2. The summed E-state index contributed by atoms with van der Waals surface area (Å²) in [4.78, 5) is 23.3. The van der Waals surface area contributed by atoms with Gasteiger partial charge < -0.3 is 14.7 Å². The Morgan fingerprint density at radius 3 is 2.65 bits per heavy atom. The maximum atomic E-state index is 12.6. The molecule has 5 rings (SSSR count). The number of fused-ring (bicyclic) bond motifs is 1. The molecule has 0 radical (unpaired) electrons. The number of hydrogen-bond acceptors (Lipinski definition) is 4.